The van der Waals surface area contributed by atoms with E-state index in [1.807, 2.05) is 43.3 Å². The molecule has 0 spiro atoms. The Kier molecular flexibility index (Phi) is 5.64. The summed E-state index contributed by atoms with van der Waals surface area (Å²) in [6.45, 7) is 1.87. The number of aromatic nitrogens is 1. The van der Waals surface area contributed by atoms with Crippen molar-refractivity contribution in [2.75, 3.05) is 17.3 Å². The van der Waals surface area contributed by atoms with E-state index < -0.39 is 4.92 Å². The monoisotopic (exact) mass is 376 g/mol. The molecule has 1 heterocycles. The van der Waals surface area contributed by atoms with E-state index in [1.54, 1.807) is 37.5 Å². The average molecular weight is 376 g/mol. The predicted octanol–water partition coefficient (Wildman–Crippen LogP) is 4.44. The van der Waals surface area contributed by atoms with E-state index in [0.29, 0.717) is 11.4 Å². The summed E-state index contributed by atoms with van der Waals surface area (Å²) in [5.41, 5.74) is 1.90. The van der Waals surface area contributed by atoms with Gasteiger partial charge in [0, 0.05) is 30.6 Å². The number of anilines is 2. The number of amides is 1. The van der Waals surface area contributed by atoms with Gasteiger partial charge in [0.25, 0.3) is 11.6 Å². The first-order chi connectivity index (χ1) is 13.5. The van der Waals surface area contributed by atoms with Crippen molar-refractivity contribution >= 4 is 23.0 Å². The zero-order valence-corrected chi connectivity index (χ0v) is 15.6. The summed E-state index contributed by atoms with van der Waals surface area (Å²) in [5.74, 6) is -0.321. The Balaban J connectivity index is 1.87. The normalized spacial score (nSPS) is 11.5. The van der Waals surface area contributed by atoms with Crippen LogP contribution in [-0.2, 0) is 0 Å². The molecule has 0 saturated carbocycles. The number of nitro benzene ring substituents is 1. The molecule has 2 aromatic carbocycles. The van der Waals surface area contributed by atoms with Gasteiger partial charge in [-0.15, -0.1) is 0 Å². The van der Waals surface area contributed by atoms with Crippen molar-refractivity contribution < 1.29 is 9.72 Å². The van der Waals surface area contributed by atoms with Crippen molar-refractivity contribution in [3.63, 3.8) is 0 Å². The first-order valence-corrected chi connectivity index (χ1v) is 8.76. The Morgan fingerprint density at radius 2 is 1.82 bits per heavy atom. The molecule has 1 atom stereocenters. The summed E-state index contributed by atoms with van der Waals surface area (Å²) < 4.78 is 0. The lowest BCUT2D eigenvalue weighted by molar-refractivity contribution is -0.384. The molecule has 0 fully saturated rings. The van der Waals surface area contributed by atoms with Gasteiger partial charge in [0.15, 0.2) is 0 Å². The number of nitrogens with zero attached hydrogens (tertiary/aromatic N) is 3. The molecule has 0 bridgehead atoms. The van der Waals surface area contributed by atoms with Crippen LogP contribution in [0.3, 0.4) is 0 Å². The quantitative estimate of drug-likeness (QED) is 0.507. The Morgan fingerprint density at radius 3 is 2.46 bits per heavy atom. The molecule has 28 heavy (non-hydrogen) atoms. The van der Waals surface area contributed by atoms with Gasteiger partial charge in [-0.05, 0) is 43.3 Å². The van der Waals surface area contributed by atoms with Crippen molar-refractivity contribution in [2.24, 2.45) is 0 Å². The number of benzene rings is 2. The largest absolute Gasteiger partial charge is 0.371 e. The van der Waals surface area contributed by atoms with Crippen LogP contribution in [0.5, 0.6) is 0 Å². The number of para-hydroxylation sites is 1. The smallest absolute Gasteiger partial charge is 0.293 e. The van der Waals surface area contributed by atoms with E-state index in [0.717, 1.165) is 5.69 Å². The van der Waals surface area contributed by atoms with Crippen molar-refractivity contribution in [3.8, 4) is 0 Å². The van der Waals surface area contributed by atoms with E-state index >= 15 is 0 Å². The highest BCUT2D eigenvalue weighted by atomic mass is 16.6. The van der Waals surface area contributed by atoms with Crippen molar-refractivity contribution in [1.82, 2.24) is 4.98 Å². The standard InChI is InChI=1S/C21H20N4O3/c1-15(18-10-6-7-13-22-18)23-19-12-11-16(14-20(19)25(27)28)21(26)24(2)17-8-4-3-5-9-17/h3-15,23H,1-2H3/t15-/m0/s1. The Hall–Kier alpha value is -3.74. The van der Waals surface area contributed by atoms with Crippen LogP contribution in [0, 0.1) is 10.1 Å². The molecule has 0 aliphatic rings. The predicted molar refractivity (Wildman–Crippen MR) is 109 cm³/mol. The van der Waals surface area contributed by atoms with Crippen LogP contribution >= 0.6 is 0 Å². The molecule has 0 saturated heterocycles. The highest BCUT2D eigenvalue weighted by Crippen LogP contribution is 2.29. The van der Waals surface area contributed by atoms with Gasteiger partial charge in [-0.3, -0.25) is 19.9 Å². The van der Waals surface area contributed by atoms with Gasteiger partial charge < -0.3 is 10.2 Å². The zero-order chi connectivity index (χ0) is 20.1. The third kappa shape index (κ3) is 4.15. The van der Waals surface area contributed by atoms with Crippen LogP contribution in [0.15, 0.2) is 72.9 Å². The van der Waals surface area contributed by atoms with Gasteiger partial charge in [0.1, 0.15) is 5.69 Å². The van der Waals surface area contributed by atoms with E-state index in [4.69, 9.17) is 0 Å². The summed E-state index contributed by atoms with van der Waals surface area (Å²) in [4.78, 5) is 29.6. The van der Waals surface area contributed by atoms with Crippen LogP contribution in [0.25, 0.3) is 0 Å². The van der Waals surface area contributed by atoms with Gasteiger partial charge in [0.05, 0.1) is 16.7 Å². The first kappa shape index (κ1) is 19.0. The number of hydrogen-bond donors (Lipinski definition) is 1. The Labute approximate surface area is 162 Å². The Morgan fingerprint density at radius 1 is 1.11 bits per heavy atom. The maximum atomic E-state index is 12.7. The number of hydrogen-bond acceptors (Lipinski definition) is 5. The van der Waals surface area contributed by atoms with Crippen molar-refractivity contribution in [2.45, 2.75) is 13.0 Å². The minimum atomic E-state index is -0.493. The third-order valence-electron chi connectivity index (χ3n) is 4.39. The van der Waals surface area contributed by atoms with Gasteiger partial charge in [0.2, 0.25) is 0 Å². The minimum Gasteiger partial charge on any atom is -0.371 e. The van der Waals surface area contributed by atoms with Crippen molar-refractivity contribution in [1.29, 1.82) is 0 Å². The van der Waals surface area contributed by atoms with Gasteiger partial charge in [-0.2, -0.15) is 0 Å². The molecule has 0 aliphatic heterocycles. The fourth-order valence-corrected chi connectivity index (χ4v) is 2.84. The van der Waals surface area contributed by atoms with E-state index in [9.17, 15) is 14.9 Å². The summed E-state index contributed by atoms with van der Waals surface area (Å²) >= 11 is 0. The number of rotatable bonds is 6. The van der Waals surface area contributed by atoms with Gasteiger partial charge in [-0.1, -0.05) is 24.3 Å². The molecule has 1 aromatic heterocycles. The molecule has 0 radical (unpaired) electrons. The number of pyridine rings is 1. The van der Waals surface area contributed by atoms with Crippen LogP contribution in [0.1, 0.15) is 29.0 Å². The number of nitrogens with one attached hydrogen (secondary N) is 1. The van der Waals surface area contributed by atoms with Crippen LogP contribution in [0.2, 0.25) is 0 Å². The van der Waals surface area contributed by atoms with Gasteiger partial charge >= 0.3 is 0 Å². The number of nitro groups is 1. The molecule has 7 nitrogen and oxygen atoms in total. The van der Waals surface area contributed by atoms with E-state index in [2.05, 4.69) is 10.3 Å². The first-order valence-electron chi connectivity index (χ1n) is 8.76. The maximum Gasteiger partial charge on any atom is 0.293 e. The summed E-state index contributed by atoms with van der Waals surface area (Å²) in [6.07, 6.45) is 1.67. The highest BCUT2D eigenvalue weighted by molar-refractivity contribution is 6.06. The second-order valence-electron chi connectivity index (χ2n) is 6.31. The van der Waals surface area contributed by atoms with Crippen LogP contribution in [-0.4, -0.2) is 22.9 Å². The van der Waals surface area contributed by atoms with Crippen LogP contribution in [0.4, 0.5) is 17.1 Å². The molecule has 0 unspecified atom stereocenters. The lowest BCUT2D eigenvalue weighted by atomic mass is 10.1. The molecule has 0 aliphatic carbocycles. The molecule has 1 N–H and O–H groups in total. The topological polar surface area (TPSA) is 88.4 Å². The van der Waals surface area contributed by atoms with E-state index in [1.165, 1.54) is 11.0 Å². The SMILES string of the molecule is C[C@H](Nc1ccc(C(=O)N(C)c2ccccc2)cc1[N+](=O)[O-])c1ccccn1. The Bertz CT molecular complexity index is 977. The molecular weight excluding hydrogens is 356 g/mol. The molecular formula is C21H20N4O3. The second-order valence-corrected chi connectivity index (χ2v) is 6.31. The number of carbonyl (C=O) groups excluding carboxylic acids is 1. The second kappa shape index (κ2) is 8.30. The third-order valence-corrected chi connectivity index (χ3v) is 4.39. The highest BCUT2D eigenvalue weighted by Gasteiger charge is 2.21. The maximum absolute atomic E-state index is 12.7. The molecule has 7 heteroatoms. The summed E-state index contributed by atoms with van der Waals surface area (Å²) in [6, 6.07) is 18.8. The van der Waals surface area contributed by atoms with E-state index in [-0.39, 0.29) is 23.2 Å². The van der Waals surface area contributed by atoms with Crippen LogP contribution < -0.4 is 10.2 Å². The fourth-order valence-electron chi connectivity index (χ4n) is 2.84. The van der Waals surface area contributed by atoms with Gasteiger partial charge in [-0.25, -0.2) is 0 Å². The fraction of sp³-hybridized carbons (Fsp3) is 0.143. The molecule has 3 aromatic rings. The zero-order valence-electron chi connectivity index (χ0n) is 15.6. The summed E-state index contributed by atoms with van der Waals surface area (Å²) in [7, 11) is 1.64. The number of carbonyl (C=O) groups is 1. The molecule has 1 amide bonds. The average Bonchev–Trinajstić information content (AvgIpc) is 2.74. The van der Waals surface area contributed by atoms with Crippen molar-refractivity contribution in [3.05, 3.63) is 94.3 Å². The lowest BCUT2D eigenvalue weighted by Gasteiger charge is -2.18. The molecule has 142 valence electrons. The summed E-state index contributed by atoms with van der Waals surface area (Å²) in [5, 5.41) is 14.7. The minimum absolute atomic E-state index is 0.157. The lowest BCUT2D eigenvalue weighted by Crippen LogP contribution is -2.26. The molecule has 3 rings (SSSR count).